The lowest BCUT2D eigenvalue weighted by Gasteiger charge is -2.03. The second-order valence-corrected chi connectivity index (χ2v) is 5.04. The maximum atomic E-state index is 10.6. The zero-order valence-electron chi connectivity index (χ0n) is 9.79. The summed E-state index contributed by atoms with van der Waals surface area (Å²) in [4.78, 5) is 12.1. The van der Waals surface area contributed by atoms with Gasteiger partial charge in [-0.25, -0.2) is 0 Å². The van der Waals surface area contributed by atoms with Gasteiger partial charge in [0.2, 0.25) is 0 Å². The van der Waals surface area contributed by atoms with Gasteiger partial charge in [0.1, 0.15) is 5.69 Å². The first kappa shape index (κ1) is 12.4. The van der Waals surface area contributed by atoms with Crippen LogP contribution in [0.2, 0.25) is 0 Å². The Bertz CT molecular complexity index is 582. The molecule has 0 bridgehead atoms. The molecule has 2 aromatic carbocycles. The lowest BCUT2D eigenvalue weighted by atomic mass is 10.2. The molecule has 5 heteroatoms. The number of nitrogens with zero attached hydrogens (tertiary/aromatic N) is 1. The molecule has 0 aliphatic rings. The molecule has 4 nitrogen and oxygen atoms in total. The van der Waals surface area contributed by atoms with Crippen molar-refractivity contribution in [3.8, 4) is 0 Å². The van der Waals surface area contributed by atoms with Gasteiger partial charge in [-0.15, -0.1) is 0 Å². The molecule has 2 N–H and O–H groups in total. The zero-order chi connectivity index (χ0) is 13.1. The van der Waals surface area contributed by atoms with Crippen molar-refractivity contribution in [2.75, 3.05) is 5.73 Å². The summed E-state index contributed by atoms with van der Waals surface area (Å²) >= 11 is 1.53. The second kappa shape index (κ2) is 5.10. The van der Waals surface area contributed by atoms with Gasteiger partial charge in [0.15, 0.2) is 0 Å². The van der Waals surface area contributed by atoms with Gasteiger partial charge in [-0.3, -0.25) is 10.1 Å². The molecule has 2 rings (SSSR count). The van der Waals surface area contributed by atoms with E-state index in [4.69, 9.17) is 5.73 Å². The molecule has 0 spiro atoms. The molecule has 0 saturated carbocycles. The second-order valence-electron chi connectivity index (χ2n) is 3.89. The smallest absolute Gasteiger partial charge is 0.292 e. The van der Waals surface area contributed by atoms with Crippen molar-refractivity contribution in [3.05, 3.63) is 58.1 Å². The fourth-order valence-electron chi connectivity index (χ4n) is 1.50. The first-order chi connectivity index (χ1) is 8.56. The van der Waals surface area contributed by atoms with Gasteiger partial charge >= 0.3 is 0 Å². The zero-order valence-corrected chi connectivity index (χ0v) is 10.6. The Morgan fingerprint density at radius 1 is 1.11 bits per heavy atom. The van der Waals surface area contributed by atoms with E-state index >= 15 is 0 Å². The van der Waals surface area contributed by atoms with E-state index in [1.807, 2.05) is 31.2 Å². The van der Waals surface area contributed by atoms with E-state index in [2.05, 4.69) is 0 Å². The molecule has 18 heavy (non-hydrogen) atoms. The maximum Gasteiger partial charge on any atom is 0.292 e. The Kier molecular flexibility index (Phi) is 3.53. The molecule has 0 amide bonds. The number of nitro groups is 1. The van der Waals surface area contributed by atoms with Crippen LogP contribution in [0.1, 0.15) is 5.56 Å². The fourth-order valence-corrected chi connectivity index (χ4v) is 2.37. The van der Waals surface area contributed by atoms with Crippen molar-refractivity contribution < 1.29 is 4.92 Å². The van der Waals surface area contributed by atoms with E-state index in [-0.39, 0.29) is 11.4 Å². The van der Waals surface area contributed by atoms with Crippen molar-refractivity contribution in [2.45, 2.75) is 16.7 Å². The standard InChI is InChI=1S/C13H12N2O2S/c1-9-2-4-10(5-3-9)18-11-6-7-13(15(16)17)12(14)8-11/h2-8H,14H2,1H3. The summed E-state index contributed by atoms with van der Waals surface area (Å²) in [7, 11) is 0. The first-order valence-electron chi connectivity index (χ1n) is 5.35. The Labute approximate surface area is 109 Å². The minimum atomic E-state index is -0.477. The minimum Gasteiger partial charge on any atom is -0.393 e. The summed E-state index contributed by atoms with van der Waals surface area (Å²) in [6.07, 6.45) is 0. The molecule has 2 aromatic rings. The number of nitrogens with two attached hydrogens (primary N) is 1. The molecule has 0 fully saturated rings. The molecule has 0 aromatic heterocycles. The third-order valence-corrected chi connectivity index (χ3v) is 3.45. The normalized spacial score (nSPS) is 10.3. The van der Waals surface area contributed by atoms with E-state index in [1.54, 1.807) is 12.1 Å². The SMILES string of the molecule is Cc1ccc(Sc2ccc([N+](=O)[O-])c(N)c2)cc1. The molecular weight excluding hydrogens is 248 g/mol. The van der Waals surface area contributed by atoms with Crippen LogP contribution in [0, 0.1) is 17.0 Å². The molecular formula is C13H12N2O2S. The van der Waals surface area contributed by atoms with Crippen LogP contribution in [0.5, 0.6) is 0 Å². The summed E-state index contributed by atoms with van der Waals surface area (Å²) in [6.45, 7) is 2.03. The van der Waals surface area contributed by atoms with Crippen LogP contribution in [0.25, 0.3) is 0 Å². The number of hydrogen-bond acceptors (Lipinski definition) is 4. The molecule has 0 saturated heterocycles. The number of hydrogen-bond donors (Lipinski definition) is 1. The van der Waals surface area contributed by atoms with Crippen LogP contribution in [0.3, 0.4) is 0 Å². The van der Waals surface area contributed by atoms with Crippen LogP contribution < -0.4 is 5.73 Å². The maximum absolute atomic E-state index is 10.6. The summed E-state index contributed by atoms with van der Waals surface area (Å²) in [5.41, 5.74) is 6.98. The molecule has 92 valence electrons. The van der Waals surface area contributed by atoms with Crippen molar-refractivity contribution in [3.63, 3.8) is 0 Å². The Hall–Kier alpha value is -2.01. The summed E-state index contributed by atoms with van der Waals surface area (Å²) in [5, 5.41) is 10.6. The van der Waals surface area contributed by atoms with Gasteiger partial charge in [0, 0.05) is 15.9 Å². The van der Waals surface area contributed by atoms with E-state index in [0.29, 0.717) is 0 Å². The highest BCUT2D eigenvalue weighted by atomic mass is 32.2. The summed E-state index contributed by atoms with van der Waals surface area (Å²) < 4.78 is 0. The van der Waals surface area contributed by atoms with E-state index < -0.39 is 4.92 Å². The van der Waals surface area contributed by atoms with Gasteiger partial charge < -0.3 is 5.73 Å². The Morgan fingerprint density at radius 2 is 1.72 bits per heavy atom. The number of benzene rings is 2. The molecule has 0 aliphatic heterocycles. The predicted octanol–water partition coefficient (Wildman–Crippen LogP) is 3.64. The first-order valence-corrected chi connectivity index (χ1v) is 6.16. The number of nitro benzene ring substituents is 1. The van der Waals surface area contributed by atoms with Crippen LogP contribution in [0.4, 0.5) is 11.4 Å². The molecule has 0 aliphatic carbocycles. The van der Waals surface area contributed by atoms with Crippen molar-refractivity contribution in [1.82, 2.24) is 0 Å². The average Bonchev–Trinajstić information content (AvgIpc) is 2.32. The number of rotatable bonds is 3. The highest BCUT2D eigenvalue weighted by Gasteiger charge is 2.11. The quantitative estimate of drug-likeness (QED) is 0.519. The van der Waals surface area contributed by atoms with Gasteiger partial charge in [0.25, 0.3) is 5.69 Å². The van der Waals surface area contributed by atoms with Crippen LogP contribution in [-0.2, 0) is 0 Å². The molecule has 0 unspecified atom stereocenters. The number of anilines is 1. The predicted molar refractivity (Wildman–Crippen MR) is 72.8 cm³/mol. The van der Waals surface area contributed by atoms with E-state index in [0.717, 1.165) is 9.79 Å². The van der Waals surface area contributed by atoms with Gasteiger partial charge in [-0.2, -0.15) is 0 Å². The van der Waals surface area contributed by atoms with E-state index in [1.165, 1.54) is 23.4 Å². The molecule has 0 atom stereocenters. The highest BCUT2D eigenvalue weighted by Crippen LogP contribution is 2.32. The minimum absolute atomic E-state index is 0.0525. The van der Waals surface area contributed by atoms with Gasteiger partial charge in [0.05, 0.1) is 4.92 Å². The number of aryl methyl sites for hydroxylation is 1. The van der Waals surface area contributed by atoms with Crippen molar-refractivity contribution in [1.29, 1.82) is 0 Å². The monoisotopic (exact) mass is 260 g/mol. The Balaban J connectivity index is 2.22. The fraction of sp³-hybridized carbons (Fsp3) is 0.0769. The largest absolute Gasteiger partial charge is 0.393 e. The highest BCUT2D eigenvalue weighted by molar-refractivity contribution is 7.99. The Morgan fingerprint density at radius 3 is 2.28 bits per heavy atom. The van der Waals surface area contributed by atoms with Crippen LogP contribution >= 0.6 is 11.8 Å². The molecule has 0 heterocycles. The summed E-state index contributed by atoms with van der Waals surface area (Å²) in [5.74, 6) is 0. The molecule has 0 radical (unpaired) electrons. The third kappa shape index (κ3) is 2.81. The topological polar surface area (TPSA) is 69.2 Å². The van der Waals surface area contributed by atoms with Gasteiger partial charge in [-0.1, -0.05) is 29.5 Å². The van der Waals surface area contributed by atoms with Crippen molar-refractivity contribution >= 4 is 23.1 Å². The van der Waals surface area contributed by atoms with Crippen molar-refractivity contribution in [2.24, 2.45) is 0 Å². The van der Waals surface area contributed by atoms with Gasteiger partial charge in [-0.05, 0) is 31.2 Å². The lowest BCUT2D eigenvalue weighted by molar-refractivity contribution is -0.383. The third-order valence-electron chi connectivity index (χ3n) is 2.45. The van der Waals surface area contributed by atoms with Crippen LogP contribution in [-0.4, -0.2) is 4.92 Å². The number of nitrogen functional groups attached to an aromatic ring is 1. The summed E-state index contributed by atoms with van der Waals surface area (Å²) in [6, 6.07) is 12.8. The van der Waals surface area contributed by atoms with Crippen LogP contribution in [0.15, 0.2) is 52.3 Å². The van der Waals surface area contributed by atoms with E-state index in [9.17, 15) is 10.1 Å². The lowest BCUT2D eigenvalue weighted by Crippen LogP contribution is -1.95. The average molecular weight is 260 g/mol.